The third-order valence-electron chi connectivity index (χ3n) is 5.47. The second kappa shape index (κ2) is 7.79. The third kappa shape index (κ3) is 4.15. The van der Waals surface area contributed by atoms with Gasteiger partial charge in [-0.2, -0.15) is 0 Å². The smallest absolute Gasteiger partial charge is 0.236 e. The number of nitrogens with two attached hydrogens (primary N) is 1. The number of primary amides is 1. The highest BCUT2D eigenvalue weighted by Crippen LogP contribution is 2.27. The predicted molar refractivity (Wildman–Crippen MR) is 93.4 cm³/mol. The van der Waals surface area contributed by atoms with E-state index in [0.717, 1.165) is 25.9 Å². The Morgan fingerprint density at radius 3 is 2.17 bits per heavy atom. The van der Waals surface area contributed by atoms with E-state index in [0.29, 0.717) is 38.4 Å². The molecule has 24 heavy (non-hydrogen) atoms. The molecule has 1 aromatic rings. The van der Waals surface area contributed by atoms with Gasteiger partial charge in [0.25, 0.3) is 0 Å². The Hall–Kier alpha value is -1.88. The van der Waals surface area contributed by atoms with E-state index in [9.17, 15) is 9.59 Å². The van der Waals surface area contributed by atoms with Crippen LogP contribution in [0, 0.1) is 5.92 Å². The fourth-order valence-corrected chi connectivity index (χ4v) is 3.85. The van der Waals surface area contributed by atoms with Crippen LogP contribution < -0.4 is 5.73 Å². The average molecular weight is 329 g/mol. The van der Waals surface area contributed by atoms with Gasteiger partial charge in [-0.1, -0.05) is 30.3 Å². The Labute approximate surface area is 143 Å². The Morgan fingerprint density at radius 1 is 0.958 bits per heavy atom. The molecule has 2 fully saturated rings. The van der Waals surface area contributed by atoms with Crippen LogP contribution in [0.2, 0.25) is 0 Å². The number of rotatable bonds is 4. The van der Waals surface area contributed by atoms with Crippen molar-refractivity contribution in [2.24, 2.45) is 11.7 Å². The van der Waals surface area contributed by atoms with Crippen LogP contribution in [0.15, 0.2) is 30.3 Å². The van der Waals surface area contributed by atoms with Gasteiger partial charge >= 0.3 is 0 Å². The highest BCUT2D eigenvalue weighted by Gasteiger charge is 2.28. The number of nitrogens with zero attached hydrogens (tertiary/aromatic N) is 2. The summed E-state index contributed by atoms with van der Waals surface area (Å²) in [4.78, 5) is 27.8. The average Bonchev–Trinajstić information content (AvgIpc) is 2.63. The van der Waals surface area contributed by atoms with E-state index in [2.05, 4.69) is 35.2 Å². The first-order valence-corrected chi connectivity index (χ1v) is 8.98. The molecule has 2 aliphatic heterocycles. The maximum absolute atomic E-state index is 12.5. The third-order valence-corrected chi connectivity index (χ3v) is 5.47. The molecule has 2 heterocycles. The van der Waals surface area contributed by atoms with Crippen molar-refractivity contribution in [3.8, 4) is 0 Å². The van der Waals surface area contributed by atoms with Gasteiger partial charge in [0.2, 0.25) is 11.8 Å². The summed E-state index contributed by atoms with van der Waals surface area (Å²) in [7, 11) is 0. The Bertz CT molecular complexity index is 559. The maximum atomic E-state index is 12.5. The van der Waals surface area contributed by atoms with Crippen molar-refractivity contribution in [3.63, 3.8) is 0 Å². The van der Waals surface area contributed by atoms with Crippen LogP contribution in [0.1, 0.15) is 37.2 Å². The number of hydrogen-bond acceptors (Lipinski definition) is 3. The summed E-state index contributed by atoms with van der Waals surface area (Å²) >= 11 is 0. The van der Waals surface area contributed by atoms with Gasteiger partial charge in [-0.15, -0.1) is 0 Å². The molecule has 0 saturated carbocycles. The first-order chi connectivity index (χ1) is 11.6. The summed E-state index contributed by atoms with van der Waals surface area (Å²) in [6.45, 7) is 3.77. The molecule has 0 aromatic heterocycles. The van der Waals surface area contributed by atoms with Crippen molar-refractivity contribution in [2.45, 2.75) is 31.6 Å². The van der Waals surface area contributed by atoms with Crippen LogP contribution in [0.5, 0.6) is 0 Å². The lowest BCUT2D eigenvalue weighted by molar-refractivity contribution is -0.136. The lowest BCUT2D eigenvalue weighted by Gasteiger charge is -2.35. The van der Waals surface area contributed by atoms with E-state index < -0.39 is 0 Å². The van der Waals surface area contributed by atoms with Crippen LogP contribution in [0.3, 0.4) is 0 Å². The number of carbonyl (C=O) groups excluding carboxylic acids is 2. The molecule has 2 N–H and O–H groups in total. The lowest BCUT2D eigenvalue weighted by Crippen LogP contribution is -2.47. The van der Waals surface area contributed by atoms with E-state index >= 15 is 0 Å². The van der Waals surface area contributed by atoms with Crippen molar-refractivity contribution in [3.05, 3.63) is 35.9 Å². The monoisotopic (exact) mass is 329 g/mol. The van der Waals surface area contributed by atoms with Crippen molar-refractivity contribution in [1.82, 2.24) is 9.80 Å². The maximum Gasteiger partial charge on any atom is 0.236 e. The molecule has 2 saturated heterocycles. The summed E-state index contributed by atoms with van der Waals surface area (Å²) < 4.78 is 0. The molecule has 0 bridgehead atoms. The Kier molecular flexibility index (Phi) is 5.51. The second-order valence-corrected chi connectivity index (χ2v) is 7.02. The van der Waals surface area contributed by atoms with Gasteiger partial charge in [0.05, 0.1) is 6.54 Å². The van der Waals surface area contributed by atoms with E-state index in [4.69, 9.17) is 5.73 Å². The van der Waals surface area contributed by atoms with Gasteiger partial charge < -0.3 is 10.6 Å². The number of piperidine rings is 2. The summed E-state index contributed by atoms with van der Waals surface area (Å²) in [6.07, 6.45) is 3.64. The molecule has 0 aliphatic carbocycles. The fourth-order valence-electron chi connectivity index (χ4n) is 3.85. The molecule has 5 nitrogen and oxygen atoms in total. The zero-order valence-corrected chi connectivity index (χ0v) is 14.2. The molecule has 0 radical (unpaired) electrons. The van der Waals surface area contributed by atoms with Gasteiger partial charge in [0.1, 0.15) is 0 Å². The Balaban J connectivity index is 1.43. The van der Waals surface area contributed by atoms with Crippen molar-refractivity contribution in [2.75, 3.05) is 32.7 Å². The number of hydrogen-bond donors (Lipinski definition) is 1. The van der Waals surface area contributed by atoms with E-state index in [1.165, 1.54) is 5.56 Å². The zero-order chi connectivity index (χ0) is 16.9. The molecule has 2 aliphatic rings. The Morgan fingerprint density at radius 2 is 1.58 bits per heavy atom. The van der Waals surface area contributed by atoms with Gasteiger partial charge in [-0.25, -0.2) is 0 Å². The fraction of sp³-hybridized carbons (Fsp3) is 0.579. The summed E-state index contributed by atoms with van der Waals surface area (Å²) in [6, 6.07) is 10.7. The molecular formula is C19H27N3O2. The standard InChI is InChI=1S/C19H27N3O2/c20-19(24)17-8-12-22(13-9-17)18(23)14-21-10-6-16(7-11-21)15-4-2-1-3-5-15/h1-5,16-17H,6-14H2,(H2,20,24). The zero-order valence-electron chi connectivity index (χ0n) is 14.2. The van der Waals surface area contributed by atoms with E-state index in [1.807, 2.05) is 4.90 Å². The minimum atomic E-state index is -0.231. The van der Waals surface area contributed by atoms with E-state index in [1.54, 1.807) is 0 Å². The molecule has 2 amide bonds. The topological polar surface area (TPSA) is 66.6 Å². The number of amides is 2. The van der Waals surface area contributed by atoms with Crippen LogP contribution in [0.4, 0.5) is 0 Å². The molecule has 0 atom stereocenters. The molecular weight excluding hydrogens is 302 g/mol. The normalized spacial score (nSPS) is 20.9. The second-order valence-electron chi connectivity index (χ2n) is 7.02. The highest BCUT2D eigenvalue weighted by molar-refractivity contribution is 5.80. The minimum absolute atomic E-state index is 0.0596. The quantitative estimate of drug-likeness (QED) is 0.912. The SMILES string of the molecule is NC(=O)C1CCN(C(=O)CN2CCC(c3ccccc3)CC2)CC1. The van der Waals surface area contributed by atoms with Crippen LogP contribution in [-0.4, -0.2) is 54.3 Å². The molecule has 0 unspecified atom stereocenters. The molecule has 0 spiro atoms. The van der Waals surface area contributed by atoms with Gasteiger partial charge in [-0.3, -0.25) is 14.5 Å². The van der Waals surface area contributed by atoms with Crippen LogP contribution in [0.25, 0.3) is 0 Å². The van der Waals surface area contributed by atoms with Crippen molar-refractivity contribution < 1.29 is 9.59 Å². The number of carbonyl (C=O) groups is 2. The van der Waals surface area contributed by atoms with Crippen molar-refractivity contribution >= 4 is 11.8 Å². The van der Waals surface area contributed by atoms with Gasteiger partial charge in [-0.05, 0) is 50.3 Å². The number of likely N-dealkylation sites (tertiary alicyclic amines) is 2. The van der Waals surface area contributed by atoms with E-state index in [-0.39, 0.29) is 17.7 Å². The molecule has 130 valence electrons. The van der Waals surface area contributed by atoms with Crippen molar-refractivity contribution in [1.29, 1.82) is 0 Å². The minimum Gasteiger partial charge on any atom is -0.369 e. The predicted octanol–water partition coefficient (Wildman–Crippen LogP) is 1.59. The summed E-state index contributed by atoms with van der Waals surface area (Å²) in [5.74, 6) is 0.515. The van der Waals surface area contributed by atoms with Crippen LogP contribution in [-0.2, 0) is 9.59 Å². The molecule has 5 heteroatoms. The molecule has 3 rings (SSSR count). The largest absolute Gasteiger partial charge is 0.369 e. The first-order valence-electron chi connectivity index (χ1n) is 8.98. The molecule has 1 aromatic carbocycles. The first kappa shape index (κ1) is 17.0. The lowest BCUT2D eigenvalue weighted by atomic mass is 9.89. The van der Waals surface area contributed by atoms with Gasteiger partial charge in [0, 0.05) is 19.0 Å². The highest BCUT2D eigenvalue weighted by atomic mass is 16.2. The summed E-state index contributed by atoms with van der Waals surface area (Å²) in [5, 5.41) is 0. The number of benzene rings is 1. The van der Waals surface area contributed by atoms with Crippen LogP contribution >= 0.6 is 0 Å². The summed E-state index contributed by atoms with van der Waals surface area (Å²) in [5.41, 5.74) is 6.76. The van der Waals surface area contributed by atoms with Gasteiger partial charge in [0.15, 0.2) is 0 Å².